The van der Waals surface area contributed by atoms with Crippen molar-refractivity contribution in [2.45, 2.75) is 45.4 Å². The highest BCUT2D eigenvalue weighted by atomic mass is 16.1. The van der Waals surface area contributed by atoms with Gasteiger partial charge in [0.15, 0.2) is 0 Å². The molecule has 0 saturated carbocycles. The molecule has 3 nitrogen and oxygen atoms in total. The number of unbranched alkanes of at least 4 members (excludes halogenated alkanes) is 2. The van der Waals surface area contributed by atoms with Crippen molar-refractivity contribution in [3.05, 3.63) is 54.7 Å². The zero-order valence-electron chi connectivity index (χ0n) is 16.6. The van der Waals surface area contributed by atoms with Crippen molar-refractivity contribution in [2.75, 3.05) is 19.6 Å². The second-order valence-corrected chi connectivity index (χ2v) is 7.86. The maximum atomic E-state index is 12.8. The van der Waals surface area contributed by atoms with Gasteiger partial charge < -0.3 is 4.90 Å². The molecule has 1 fully saturated rings. The minimum atomic E-state index is 0.336. The molecule has 0 bridgehead atoms. The van der Waals surface area contributed by atoms with E-state index < -0.39 is 0 Å². The third-order valence-electron chi connectivity index (χ3n) is 5.89. The molecule has 0 radical (unpaired) electrons. The Morgan fingerprint density at radius 2 is 2.15 bits per heavy atom. The molecule has 1 aromatic carbocycles. The summed E-state index contributed by atoms with van der Waals surface area (Å²) in [5.41, 5.74) is 2.06. The van der Waals surface area contributed by atoms with Crippen LogP contribution in [0.5, 0.6) is 0 Å². The molecule has 3 heteroatoms. The van der Waals surface area contributed by atoms with Gasteiger partial charge in [-0.2, -0.15) is 0 Å². The summed E-state index contributed by atoms with van der Waals surface area (Å²) in [6, 6.07) is 10.1. The molecule has 1 saturated heterocycles. The molecule has 2 unspecified atom stereocenters. The number of piperidine rings is 1. The number of rotatable bonds is 9. The topological polar surface area (TPSA) is 33.2 Å². The van der Waals surface area contributed by atoms with E-state index in [2.05, 4.69) is 35.5 Å². The number of Topliss-reactive ketones (excluding diaryl/α,β-unsaturated/α-hetero) is 1. The lowest BCUT2D eigenvalue weighted by Crippen LogP contribution is -2.40. The summed E-state index contributed by atoms with van der Waals surface area (Å²) in [4.78, 5) is 19.8. The molecule has 0 aliphatic carbocycles. The Kier molecular flexibility index (Phi) is 7.17. The van der Waals surface area contributed by atoms with E-state index in [-0.39, 0.29) is 0 Å². The molecule has 0 amide bonds. The van der Waals surface area contributed by atoms with E-state index in [4.69, 9.17) is 0 Å². The number of ketones is 1. The SMILES string of the molecule is C=CC1CN(CCCCC)CCC1CC(=O)Cc1ccnc2ccccc12. The first kappa shape index (κ1) is 19.8. The predicted molar refractivity (Wildman–Crippen MR) is 113 cm³/mol. The van der Waals surface area contributed by atoms with E-state index in [0.717, 1.165) is 36.0 Å². The Labute approximate surface area is 163 Å². The van der Waals surface area contributed by atoms with Gasteiger partial charge in [-0.05, 0) is 55.5 Å². The van der Waals surface area contributed by atoms with Gasteiger partial charge >= 0.3 is 0 Å². The van der Waals surface area contributed by atoms with Crippen molar-refractivity contribution >= 4 is 16.7 Å². The van der Waals surface area contributed by atoms with Crippen LogP contribution < -0.4 is 0 Å². The van der Waals surface area contributed by atoms with Crippen LogP contribution in [0.3, 0.4) is 0 Å². The number of fused-ring (bicyclic) bond motifs is 1. The summed E-state index contributed by atoms with van der Waals surface area (Å²) >= 11 is 0. The van der Waals surface area contributed by atoms with Gasteiger partial charge in [-0.15, -0.1) is 6.58 Å². The maximum absolute atomic E-state index is 12.8. The number of hydrogen-bond donors (Lipinski definition) is 0. The zero-order chi connectivity index (χ0) is 19.1. The van der Waals surface area contributed by atoms with Crippen molar-refractivity contribution in [3.8, 4) is 0 Å². The molecule has 1 aliphatic heterocycles. The molecule has 1 aliphatic rings. The fourth-order valence-electron chi connectivity index (χ4n) is 4.30. The highest BCUT2D eigenvalue weighted by molar-refractivity contribution is 5.89. The molecule has 2 heterocycles. The Balaban J connectivity index is 1.58. The van der Waals surface area contributed by atoms with Gasteiger partial charge in [0.1, 0.15) is 5.78 Å². The molecule has 3 rings (SSSR count). The van der Waals surface area contributed by atoms with Crippen LogP contribution >= 0.6 is 0 Å². The zero-order valence-corrected chi connectivity index (χ0v) is 16.6. The van der Waals surface area contributed by atoms with Crippen LogP contribution in [0.25, 0.3) is 10.9 Å². The number of hydrogen-bond acceptors (Lipinski definition) is 3. The van der Waals surface area contributed by atoms with Crippen LogP contribution in [-0.2, 0) is 11.2 Å². The summed E-state index contributed by atoms with van der Waals surface area (Å²) in [5, 5.41) is 1.10. The summed E-state index contributed by atoms with van der Waals surface area (Å²) in [6.45, 7) is 9.65. The van der Waals surface area contributed by atoms with Crippen LogP contribution in [0.1, 0.15) is 44.6 Å². The first-order valence-electron chi connectivity index (χ1n) is 10.4. The van der Waals surface area contributed by atoms with Crippen molar-refractivity contribution in [1.29, 1.82) is 0 Å². The van der Waals surface area contributed by atoms with Gasteiger partial charge in [-0.1, -0.05) is 44.0 Å². The van der Waals surface area contributed by atoms with Crippen molar-refractivity contribution in [3.63, 3.8) is 0 Å². The highest BCUT2D eigenvalue weighted by Gasteiger charge is 2.28. The third kappa shape index (κ3) is 5.26. The lowest BCUT2D eigenvalue weighted by atomic mass is 9.81. The molecule has 2 aromatic rings. The molecule has 27 heavy (non-hydrogen) atoms. The van der Waals surface area contributed by atoms with Crippen LogP contribution in [0.2, 0.25) is 0 Å². The Morgan fingerprint density at radius 3 is 2.96 bits per heavy atom. The van der Waals surface area contributed by atoms with Crippen LogP contribution in [0.15, 0.2) is 49.2 Å². The molecule has 0 N–H and O–H groups in total. The first-order valence-corrected chi connectivity index (χ1v) is 10.4. The largest absolute Gasteiger partial charge is 0.303 e. The molecular formula is C24H32N2O. The second-order valence-electron chi connectivity index (χ2n) is 7.86. The van der Waals surface area contributed by atoms with E-state index in [1.165, 1.54) is 25.8 Å². The van der Waals surface area contributed by atoms with Crippen LogP contribution in [0.4, 0.5) is 0 Å². The average molecular weight is 365 g/mol. The fourth-order valence-corrected chi connectivity index (χ4v) is 4.30. The fraction of sp³-hybridized carbons (Fsp3) is 0.500. The molecular weight excluding hydrogens is 332 g/mol. The monoisotopic (exact) mass is 364 g/mol. The van der Waals surface area contributed by atoms with E-state index in [0.29, 0.717) is 30.5 Å². The van der Waals surface area contributed by atoms with Gasteiger partial charge in [0, 0.05) is 31.0 Å². The van der Waals surface area contributed by atoms with Gasteiger partial charge in [0.05, 0.1) is 5.52 Å². The van der Waals surface area contributed by atoms with E-state index in [1.54, 1.807) is 0 Å². The smallest absolute Gasteiger partial charge is 0.137 e. The van der Waals surface area contributed by atoms with Crippen LogP contribution in [0, 0.1) is 11.8 Å². The van der Waals surface area contributed by atoms with Crippen molar-refractivity contribution in [1.82, 2.24) is 9.88 Å². The lowest BCUT2D eigenvalue weighted by Gasteiger charge is -2.37. The number of nitrogens with zero attached hydrogens (tertiary/aromatic N) is 2. The van der Waals surface area contributed by atoms with E-state index in [1.807, 2.05) is 30.5 Å². The summed E-state index contributed by atoms with van der Waals surface area (Å²) in [7, 11) is 0. The number of aromatic nitrogens is 1. The summed E-state index contributed by atoms with van der Waals surface area (Å²) < 4.78 is 0. The summed E-state index contributed by atoms with van der Waals surface area (Å²) in [6.07, 6.45) is 10.00. The number of likely N-dealkylation sites (tertiary alicyclic amines) is 1. The van der Waals surface area contributed by atoms with Gasteiger partial charge in [0.2, 0.25) is 0 Å². The maximum Gasteiger partial charge on any atom is 0.137 e. The molecule has 0 spiro atoms. The van der Waals surface area contributed by atoms with Gasteiger partial charge in [-0.25, -0.2) is 0 Å². The van der Waals surface area contributed by atoms with Gasteiger partial charge in [-0.3, -0.25) is 9.78 Å². The number of benzene rings is 1. The first-order chi connectivity index (χ1) is 13.2. The van der Waals surface area contributed by atoms with Crippen LogP contribution in [-0.4, -0.2) is 35.3 Å². The number of carbonyl (C=O) groups excluding carboxylic acids is 1. The van der Waals surface area contributed by atoms with Crippen molar-refractivity contribution < 1.29 is 4.79 Å². The minimum absolute atomic E-state index is 0.336. The second kappa shape index (κ2) is 9.80. The quantitative estimate of drug-likeness (QED) is 0.461. The Bertz CT molecular complexity index is 765. The van der Waals surface area contributed by atoms with E-state index in [9.17, 15) is 4.79 Å². The predicted octanol–water partition coefficient (Wildman–Crippen LogP) is 5.05. The lowest BCUT2D eigenvalue weighted by molar-refractivity contribution is -0.120. The Morgan fingerprint density at radius 1 is 1.30 bits per heavy atom. The summed E-state index contributed by atoms with van der Waals surface area (Å²) in [5.74, 6) is 1.20. The number of para-hydroxylation sites is 1. The third-order valence-corrected chi connectivity index (χ3v) is 5.89. The Hall–Kier alpha value is -2.00. The molecule has 2 atom stereocenters. The minimum Gasteiger partial charge on any atom is -0.303 e. The number of pyridine rings is 1. The number of carbonyl (C=O) groups is 1. The highest BCUT2D eigenvalue weighted by Crippen LogP contribution is 2.29. The average Bonchev–Trinajstić information content (AvgIpc) is 2.69. The standard InChI is InChI=1S/C24H32N2O/c1-3-5-8-14-26-15-12-20(19(4-2)18-26)16-22(27)17-21-11-13-25-24-10-7-6-9-23(21)24/h4,6-7,9-11,13,19-20H,2-3,5,8,12,14-18H2,1H3. The van der Waals surface area contributed by atoms with Crippen molar-refractivity contribution in [2.24, 2.45) is 11.8 Å². The molecule has 1 aromatic heterocycles. The van der Waals surface area contributed by atoms with Gasteiger partial charge in [0.25, 0.3) is 0 Å². The van der Waals surface area contributed by atoms with E-state index >= 15 is 0 Å². The molecule has 144 valence electrons. The normalized spacial score (nSPS) is 20.6.